The molecule has 1 rings (SSSR count). The standard InChI is InChI=1S/C15H22N2O3/c1-10(2)14(18)9-20-8-12-5-6-13(16-7-12)15(19)17-11(3)4/h5-7,10-11H,8-9H2,1-4H3,(H,17,19). The third kappa shape index (κ3) is 5.48. The lowest BCUT2D eigenvalue weighted by atomic mass is 10.1. The summed E-state index contributed by atoms with van der Waals surface area (Å²) in [6.07, 6.45) is 1.59. The second kappa shape index (κ2) is 7.75. The summed E-state index contributed by atoms with van der Waals surface area (Å²) in [5, 5.41) is 2.77. The maximum absolute atomic E-state index is 11.7. The Bertz CT molecular complexity index is 453. The van der Waals surface area contributed by atoms with Crippen molar-refractivity contribution in [2.75, 3.05) is 6.61 Å². The van der Waals surface area contributed by atoms with Crippen LogP contribution in [-0.2, 0) is 16.1 Å². The average molecular weight is 278 g/mol. The van der Waals surface area contributed by atoms with E-state index in [0.717, 1.165) is 5.56 Å². The van der Waals surface area contributed by atoms with Crippen LogP contribution in [-0.4, -0.2) is 29.3 Å². The number of ether oxygens (including phenoxy) is 1. The van der Waals surface area contributed by atoms with Crippen molar-refractivity contribution >= 4 is 11.7 Å². The van der Waals surface area contributed by atoms with E-state index in [4.69, 9.17) is 4.74 Å². The molecule has 0 aliphatic carbocycles. The lowest BCUT2D eigenvalue weighted by Crippen LogP contribution is -2.30. The van der Waals surface area contributed by atoms with Crippen LogP contribution < -0.4 is 5.32 Å². The highest BCUT2D eigenvalue weighted by Crippen LogP contribution is 2.04. The SMILES string of the molecule is CC(C)NC(=O)c1ccc(COCC(=O)C(C)C)cn1. The van der Waals surface area contributed by atoms with Gasteiger partial charge >= 0.3 is 0 Å². The summed E-state index contributed by atoms with van der Waals surface area (Å²) in [7, 11) is 0. The van der Waals surface area contributed by atoms with Crippen LogP contribution in [0.4, 0.5) is 0 Å². The van der Waals surface area contributed by atoms with Crippen LogP contribution in [0.15, 0.2) is 18.3 Å². The number of nitrogens with one attached hydrogen (secondary N) is 1. The number of hydrogen-bond donors (Lipinski definition) is 1. The van der Waals surface area contributed by atoms with Crippen LogP contribution in [0.1, 0.15) is 43.7 Å². The normalized spacial score (nSPS) is 10.9. The third-order valence-electron chi connectivity index (χ3n) is 2.63. The predicted octanol–water partition coefficient (Wildman–Crippen LogP) is 1.96. The molecule has 110 valence electrons. The number of carbonyl (C=O) groups excluding carboxylic acids is 2. The lowest BCUT2D eigenvalue weighted by Gasteiger charge is -2.08. The number of hydrogen-bond acceptors (Lipinski definition) is 4. The van der Waals surface area contributed by atoms with Crippen LogP contribution in [0, 0.1) is 5.92 Å². The Kier molecular flexibility index (Phi) is 6.31. The van der Waals surface area contributed by atoms with Crippen molar-refractivity contribution in [1.29, 1.82) is 0 Å². The van der Waals surface area contributed by atoms with Crippen LogP contribution in [0.25, 0.3) is 0 Å². The molecule has 1 amide bonds. The quantitative estimate of drug-likeness (QED) is 0.828. The third-order valence-corrected chi connectivity index (χ3v) is 2.63. The molecule has 0 aromatic carbocycles. The fraction of sp³-hybridized carbons (Fsp3) is 0.533. The van der Waals surface area contributed by atoms with E-state index >= 15 is 0 Å². The average Bonchev–Trinajstić information content (AvgIpc) is 2.38. The van der Waals surface area contributed by atoms with E-state index in [0.29, 0.717) is 12.3 Å². The van der Waals surface area contributed by atoms with Gasteiger partial charge < -0.3 is 10.1 Å². The van der Waals surface area contributed by atoms with Crippen LogP contribution in [0.2, 0.25) is 0 Å². The van der Waals surface area contributed by atoms with E-state index in [1.807, 2.05) is 27.7 Å². The number of amides is 1. The fourth-order valence-corrected chi connectivity index (χ4v) is 1.42. The predicted molar refractivity (Wildman–Crippen MR) is 76.3 cm³/mol. The molecule has 0 radical (unpaired) electrons. The van der Waals surface area contributed by atoms with E-state index in [-0.39, 0.29) is 30.3 Å². The summed E-state index contributed by atoms with van der Waals surface area (Å²) in [6, 6.07) is 3.51. The van der Waals surface area contributed by atoms with Crippen molar-refractivity contribution in [2.45, 2.75) is 40.3 Å². The molecule has 1 aromatic rings. The molecule has 0 saturated heterocycles. The van der Waals surface area contributed by atoms with Gasteiger partial charge in [0, 0.05) is 18.2 Å². The van der Waals surface area contributed by atoms with Crippen LogP contribution in [0.3, 0.4) is 0 Å². The molecule has 0 aliphatic rings. The molecule has 1 N–H and O–H groups in total. The Morgan fingerprint density at radius 2 is 1.95 bits per heavy atom. The molecule has 1 aromatic heterocycles. The van der Waals surface area contributed by atoms with Crippen molar-refractivity contribution in [3.8, 4) is 0 Å². The first-order valence-electron chi connectivity index (χ1n) is 6.76. The maximum Gasteiger partial charge on any atom is 0.270 e. The van der Waals surface area contributed by atoms with Gasteiger partial charge in [0.1, 0.15) is 12.3 Å². The Morgan fingerprint density at radius 1 is 1.25 bits per heavy atom. The van der Waals surface area contributed by atoms with Crippen molar-refractivity contribution < 1.29 is 14.3 Å². The van der Waals surface area contributed by atoms with Gasteiger partial charge in [0.2, 0.25) is 0 Å². The van der Waals surface area contributed by atoms with E-state index in [2.05, 4.69) is 10.3 Å². The van der Waals surface area contributed by atoms with E-state index in [9.17, 15) is 9.59 Å². The number of ketones is 1. The zero-order chi connectivity index (χ0) is 15.1. The van der Waals surface area contributed by atoms with Gasteiger partial charge in [0.15, 0.2) is 5.78 Å². The Hall–Kier alpha value is -1.75. The second-order valence-corrected chi connectivity index (χ2v) is 5.29. The van der Waals surface area contributed by atoms with Crippen LogP contribution >= 0.6 is 0 Å². The monoisotopic (exact) mass is 278 g/mol. The van der Waals surface area contributed by atoms with Crippen molar-refractivity contribution in [1.82, 2.24) is 10.3 Å². The summed E-state index contributed by atoms with van der Waals surface area (Å²) >= 11 is 0. The van der Waals surface area contributed by atoms with Crippen molar-refractivity contribution in [2.24, 2.45) is 5.92 Å². The van der Waals surface area contributed by atoms with Gasteiger partial charge in [-0.05, 0) is 25.5 Å². The van der Waals surface area contributed by atoms with E-state index in [1.165, 1.54) is 0 Å². The van der Waals surface area contributed by atoms with Gasteiger partial charge in [-0.2, -0.15) is 0 Å². The molecule has 5 heteroatoms. The summed E-state index contributed by atoms with van der Waals surface area (Å²) < 4.78 is 5.32. The zero-order valence-electron chi connectivity index (χ0n) is 12.5. The van der Waals surface area contributed by atoms with E-state index < -0.39 is 0 Å². The van der Waals surface area contributed by atoms with Crippen molar-refractivity contribution in [3.63, 3.8) is 0 Å². The van der Waals surface area contributed by atoms with Gasteiger partial charge in [0.25, 0.3) is 5.91 Å². The molecule has 0 unspecified atom stereocenters. The summed E-state index contributed by atoms with van der Waals surface area (Å²) in [4.78, 5) is 27.2. The molecular formula is C15H22N2O3. The lowest BCUT2D eigenvalue weighted by molar-refractivity contribution is -0.126. The molecular weight excluding hydrogens is 256 g/mol. The molecule has 0 spiro atoms. The fourth-order valence-electron chi connectivity index (χ4n) is 1.42. The van der Waals surface area contributed by atoms with Gasteiger partial charge in [-0.15, -0.1) is 0 Å². The molecule has 0 bridgehead atoms. The first-order valence-corrected chi connectivity index (χ1v) is 6.76. The minimum Gasteiger partial charge on any atom is -0.369 e. The highest BCUT2D eigenvalue weighted by molar-refractivity contribution is 5.92. The number of Topliss-reactive ketones (excluding diaryl/α,β-unsaturated/α-hetero) is 1. The van der Waals surface area contributed by atoms with Crippen molar-refractivity contribution in [3.05, 3.63) is 29.6 Å². The largest absolute Gasteiger partial charge is 0.369 e. The first-order chi connectivity index (χ1) is 9.40. The molecule has 0 saturated carbocycles. The summed E-state index contributed by atoms with van der Waals surface area (Å²) in [5.41, 5.74) is 1.21. The Balaban J connectivity index is 2.47. The number of nitrogens with zero attached hydrogens (tertiary/aromatic N) is 1. The highest BCUT2D eigenvalue weighted by Gasteiger charge is 2.09. The zero-order valence-corrected chi connectivity index (χ0v) is 12.5. The summed E-state index contributed by atoms with van der Waals surface area (Å²) in [5.74, 6) is -0.136. The highest BCUT2D eigenvalue weighted by atomic mass is 16.5. The maximum atomic E-state index is 11.7. The topological polar surface area (TPSA) is 68.3 Å². The van der Waals surface area contributed by atoms with Gasteiger partial charge in [-0.25, -0.2) is 0 Å². The second-order valence-electron chi connectivity index (χ2n) is 5.29. The van der Waals surface area contributed by atoms with Gasteiger partial charge in [-0.1, -0.05) is 19.9 Å². The number of rotatable bonds is 7. The van der Waals surface area contributed by atoms with Gasteiger partial charge in [0.05, 0.1) is 6.61 Å². The van der Waals surface area contributed by atoms with E-state index in [1.54, 1.807) is 18.3 Å². The Morgan fingerprint density at radius 3 is 2.45 bits per heavy atom. The Labute approximate surface area is 119 Å². The summed E-state index contributed by atoms with van der Waals surface area (Å²) in [6.45, 7) is 7.90. The number of carbonyl (C=O) groups is 2. The smallest absolute Gasteiger partial charge is 0.270 e. The molecule has 1 heterocycles. The van der Waals surface area contributed by atoms with Crippen LogP contribution in [0.5, 0.6) is 0 Å². The molecule has 0 aliphatic heterocycles. The minimum atomic E-state index is -0.192. The molecule has 0 fully saturated rings. The minimum absolute atomic E-state index is 0.0183. The van der Waals surface area contributed by atoms with Gasteiger partial charge in [-0.3, -0.25) is 14.6 Å². The molecule has 0 atom stereocenters. The number of aromatic nitrogens is 1. The first kappa shape index (κ1) is 16.3. The number of pyridine rings is 1. The molecule has 5 nitrogen and oxygen atoms in total. The molecule has 20 heavy (non-hydrogen) atoms.